The number of nitrogens with one attached hydrogen (secondary N) is 1. The zero-order chi connectivity index (χ0) is 10.3. The average molecular weight is 221 g/mol. The molecule has 0 aromatic carbocycles. The number of hydrogen-bond acceptors (Lipinski definition) is 2. The van der Waals surface area contributed by atoms with Crippen LogP contribution in [0.15, 0.2) is 29.0 Å². The standard InChI is InChI=1S/C13H19NS/c1-2-4-12(5-3-1)10-14-8-6-13-7-9-15-11-13/h1-2,7,9,11-12,14H,3-6,8,10H2. The smallest absolute Gasteiger partial charge is 0.000794 e. The summed E-state index contributed by atoms with van der Waals surface area (Å²) in [6.45, 7) is 2.31. The zero-order valence-electron chi connectivity index (χ0n) is 9.11. The fourth-order valence-electron chi connectivity index (χ4n) is 2.02. The lowest BCUT2D eigenvalue weighted by molar-refractivity contribution is 0.443. The van der Waals surface area contributed by atoms with Crippen LogP contribution in [0.5, 0.6) is 0 Å². The van der Waals surface area contributed by atoms with Crippen LogP contribution in [-0.2, 0) is 6.42 Å². The Balaban J connectivity index is 1.57. The van der Waals surface area contributed by atoms with Crippen LogP contribution >= 0.6 is 11.3 Å². The van der Waals surface area contributed by atoms with Gasteiger partial charge in [0.1, 0.15) is 0 Å². The van der Waals surface area contributed by atoms with Crippen molar-refractivity contribution in [2.45, 2.75) is 25.7 Å². The van der Waals surface area contributed by atoms with Gasteiger partial charge >= 0.3 is 0 Å². The van der Waals surface area contributed by atoms with E-state index in [4.69, 9.17) is 0 Å². The molecular weight excluding hydrogens is 202 g/mol. The van der Waals surface area contributed by atoms with Crippen LogP contribution < -0.4 is 5.32 Å². The van der Waals surface area contributed by atoms with Gasteiger partial charge in [0.05, 0.1) is 0 Å². The van der Waals surface area contributed by atoms with Crippen molar-refractivity contribution in [3.05, 3.63) is 34.5 Å². The highest BCUT2D eigenvalue weighted by molar-refractivity contribution is 7.07. The summed E-state index contributed by atoms with van der Waals surface area (Å²) in [5.74, 6) is 0.873. The van der Waals surface area contributed by atoms with E-state index in [0.29, 0.717) is 0 Å². The maximum atomic E-state index is 3.56. The van der Waals surface area contributed by atoms with Crippen LogP contribution in [0.4, 0.5) is 0 Å². The Bertz CT molecular complexity index is 289. The molecule has 1 heterocycles. The van der Waals surface area contributed by atoms with Gasteiger partial charge in [-0.1, -0.05) is 12.2 Å². The Morgan fingerprint density at radius 3 is 3.13 bits per heavy atom. The molecule has 1 aromatic rings. The Morgan fingerprint density at radius 1 is 1.40 bits per heavy atom. The average Bonchev–Trinajstić information content (AvgIpc) is 2.79. The molecule has 0 aliphatic heterocycles. The number of thiophene rings is 1. The Morgan fingerprint density at radius 2 is 2.40 bits per heavy atom. The van der Waals surface area contributed by atoms with Gasteiger partial charge in [0.2, 0.25) is 0 Å². The maximum Gasteiger partial charge on any atom is -0.000794 e. The van der Waals surface area contributed by atoms with E-state index in [1.165, 1.54) is 37.8 Å². The maximum absolute atomic E-state index is 3.56. The van der Waals surface area contributed by atoms with E-state index >= 15 is 0 Å². The molecule has 1 aromatic heterocycles. The fraction of sp³-hybridized carbons (Fsp3) is 0.538. The van der Waals surface area contributed by atoms with Crippen molar-refractivity contribution in [1.29, 1.82) is 0 Å². The van der Waals surface area contributed by atoms with Gasteiger partial charge in [-0.2, -0.15) is 11.3 Å². The molecule has 1 nitrogen and oxygen atoms in total. The molecule has 0 saturated heterocycles. The summed E-state index contributed by atoms with van der Waals surface area (Å²) in [5, 5.41) is 7.96. The van der Waals surface area contributed by atoms with Gasteiger partial charge in [-0.3, -0.25) is 0 Å². The summed E-state index contributed by atoms with van der Waals surface area (Å²) in [6, 6.07) is 2.22. The summed E-state index contributed by atoms with van der Waals surface area (Å²) < 4.78 is 0. The number of hydrogen-bond donors (Lipinski definition) is 1. The molecule has 0 radical (unpaired) electrons. The van der Waals surface area contributed by atoms with Crippen LogP contribution in [-0.4, -0.2) is 13.1 Å². The van der Waals surface area contributed by atoms with Gasteiger partial charge in [-0.25, -0.2) is 0 Å². The Hall–Kier alpha value is -0.600. The van der Waals surface area contributed by atoms with Crippen LogP contribution in [0.3, 0.4) is 0 Å². The largest absolute Gasteiger partial charge is 0.316 e. The fourth-order valence-corrected chi connectivity index (χ4v) is 2.72. The first-order chi connectivity index (χ1) is 7.45. The van der Waals surface area contributed by atoms with Crippen molar-refractivity contribution >= 4 is 11.3 Å². The van der Waals surface area contributed by atoms with E-state index < -0.39 is 0 Å². The highest BCUT2D eigenvalue weighted by Crippen LogP contribution is 2.16. The summed E-state index contributed by atoms with van der Waals surface area (Å²) in [5.41, 5.74) is 1.47. The first-order valence-corrected chi connectivity index (χ1v) is 6.76. The molecule has 0 fully saturated rings. The van der Waals surface area contributed by atoms with Crippen molar-refractivity contribution in [3.63, 3.8) is 0 Å². The normalized spacial score (nSPS) is 20.7. The molecule has 0 amide bonds. The molecule has 0 spiro atoms. The Kier molecular flexibility index (Phi) is 4.42. The third-order valence-electron chi connectivity index (χ3n) is 2.98. The van der Waals surface area contributed by atoms with Gasteiger partial charge in [-0.15, -0.1) is 0 Å². The third-order valence-corrected chi connectivity index (χ3v) is 3.71. The number of allylic oxidation sites excluding steroid dienone is 2. The van der Waals surface area contributed by atoms with Crippen molar-refractivity contribution in [2.24, 2.45) is 5.92 Å². The van der Waals surface area contributed by atoms with Crippen LogP contribution in [0.1, 0.15) is 24.8 Å². The molecule has 0 bridgehead atoms. The van der Waals surface area contributed by atoms with E-state index in [9.17, 15) is 0 Å². The van der Waals surface area contributed by atoms with Gasteiger partial charge in [0.15, 0.2) is 0 Å². The topological polar surface area (TPSA) is 12.0 Å². The molecular formula is C13H19NS. The SMILES string of the molecule is C1=CCC(CNCCc2ccsc2)CC1. The van der Waals surface area contributed by atoms with Crippen molar-refractivity contribution in [2.75, 3.05) is 13.1 Å². The van der Waals surface area contributed by atoms with E-state index in [0.717, 1.165) is 12.5 Å². The molecule has 1 aliphatic carbocycles. The predicted octanol–water partition coefficient (Wildman–Crippen LogP) is 3.24. The molecule has 2 rings (SSSR count). The first-order valence-electron chi connectivity index (χ1n) is 5.82. The molecule has 82 valence electrons. The van der Waals surface area contributed by atoms with Gasteiger partial charge in [0.25, 0.3) is 0 Å². The minimum atomic E-state index is 0.873. The molecule has 1 N–H and O–H groups in total. The van der Waals surface area contributed by atoms with E-state index in [1.54, 1.807) is 11.3 Å². The summed E-state index contributed by atoms with van der Waals surface area (Å²) in [7, 11) is 0. The van der Waals surface area contributed by atoms with E-state index in [1.807, 2.05) is 0 Å². The van der Waals surface area contributed by atoms with Crippen molar-refractivity contribution in [1.82, 2.24) is 5.32 Å². The summed E-state index contributed by atoms with van der Waals surface area (Å²) in [4.78, 5) is 0. The number of rotatable bonds is 5. The monoisotopic (exact) mass is 221 g/mol. The molecule has 1 atom stereocenters. The third kappa shape index (κ3) is 3.80. The minimum absolute atomic E-state index is 0.873. The molecule has 1 aliphatic rings. The zero-order valence-corrected chi connectivity index (χ0v) is 9.93. The second-order valence-electron chi connectivity index (χ2n) is 4.24. The van der Waals surface area contributed by atoms with Crippen LogP contribution in [0, 0.1) is 5.92 Å². The summed E-state index contributed by atoms with van der Waals surface area (Å²) in [6.07, 6.45) is 9.72. The summed E-state index contributed by atoms with van der Waals surface area (Å²) >= 11 is 1.79. The first kappa shape index (κ1) is 10.9. The molecule has 15 heavy (non-hydrogen) atoms. The van der Waals surface area contributed by atoms with E-state index in [-0.39, 0.29) is 0 Å². The Labute approximate surface area is 96.2 Å². The molecule has 2 heteroatoms. The second kappa shape index (κ2) is 6.09. The lowest BCUT2D eigenvalue weighted by Gasteiger charge is -2.17. The molecule has 1 unspecified atom stereocenters. The quantitative estimate of drug-likeness (QED) is 0.594. The van der Waals surface area contributed by atoms with Gasteiger partial charge < -0.3 is 5.32 Å². The highest BCUT2D eigenvalue weighted by Gasteiger charge is 2.08. The van der Waals surface area contributed by atoms with E-state index in [2.05, 4.69) is 34.3 Å². The van der Waals surface area contributed by atoms with Gasteiger partial charge in [-0.05, 0) is 67.1 Å². The lowest BCUT2D eigenvalue weighted by atomic mass is 9.94. The lowest BCUT2D eigenvalue weighted by Crippen LogP contribution is -2.25. The molecule has 0 saturated carbocycles. The van der Waals surface area contributed by atoms with Crippen molar-refractivity contribution in [3.8, 4) is 0 Å². The van der Waals surface area contributed by atoms with Crippen molar-refractivity contribution < 1.29 is 0 Å². The van der Waals surface area contributed by atoms with Gasteiger partial charge in [0, 0.05) is 0 Å². The van der Waals surface area contributed by atoms with Crippen LogP contribution in [0.2, 0.25) is 0 Å². The second-order valence-corrected chi connectivity index (χ2v) is 5.02. The highest BCUT2D eigenvalue weighted by atomic mass is 32.1. The minimum Gasteiger partial charge on any atom is -0.316 e. The van der Waals surface area contributed by atoms with Crippen LogP contribution in [0.25, 0.3) is 0 Å². The predicted molar refractivity (Wildman–Crippen MR) is 67.4 cm³/mol.